The van der Waals surface area contributed by atoms with Gasteiger partial charge < -0.3 is 5.32 Å². The summed E-state index contributed by atoms with van der Waals surface area (Å²) in [7, 11) is 0. The summed E-state index contributed by atoms with van der Waals surface area (Å²) in [5.41, 5.74) is 0.159. The number of nitrogens with one attached hydrogen (secondary N) is 1. The zero-order chi connectivity index (χ0) is 14.6. The van der Waals surface area contributed by atoms with Crippen molar-refractivity contribution in [1.82, 2.24) is 10.3 Å². The molecule has 4 nitrogen and oxygen atoms in total. The fourth-order valence-corrected chi connectivity index (χ4v) is 3.40. The van der Waals surface area contributed by atoms with E-state index in [-0.39, 0.29) is 12.3 Å². The average molecular weight is 291 g/mol. The van der Waals surface area contributed by atoms with Crippen LogP contribution in [0.15, 0.2) is 5.38 Å². The van der Waals surface area contributed by atoms with Crippen molar-refractivity contribution in [3.8, 4) is 6.07 Å². The number of hydrogen-bond donors (Lipinski definition) is 1. The largest absolute Gasteiger partial charge is 0.337 e. The van der Waals surface area contributed by atoms with Crippen LogP contribution < -0.4 is 5.32 Å². The summed E-state index contributed by atoms with van der Waals surface area (Å²) < 4.78 is 0. The molecule has 108 valence electrons. The molecule has 0 spiro atoms. The highest BCUT2D eigenvalue weighted by atomic mass is 32.1. The lowest BCUT2D eigenvalue weighted by atomic mass is 9.83. The van der Waals surface area contributed by atoms with Crippen LogP contribution in [0.1, 0.15) is 62.6 Å². The van der Waals surface area contributed by atoms with Crippen LogP contribution in [0.25, 0.3) is 0 Å². The number of thiazole rings is 1. The summed E-state index contributed by atoms with van der Waals surface area (Å²) in [5, 5.41) is 15.3. The van der Waals surface area contributed by atoms with E-state index in [1.807, 2.05) is 5.38 Å². The minimum atomic E-state index is -0.647. The first-order chi connectivity index (χ1) is 9.54. The van der Waals surface area contributed by atoms with Gasteiger partial charge in [-0.3, -0.25) is 4.79 Å². The van der Waals surface area contributed by atoms with Gasteiger partial charge in [-0.1, -0.05) is 33.1 Å². The summed E-state index contributed by atoms with van der Waals surface area (Å²) in [6.07, 6.45) is 4.99. The summed E-state index contributed by atoms with van der Waals surface area (Å²) in [5.74, 6) is 0.301. The number of carbonyl (C=O) groups excluding carboxylic acids is 1. The zero-order valence-electron chi connectivity index (χ0n) is 12.1. The summed E-state index contributed by atoms with van der Waals surface area (Å²) in [6, 6.07) is 2.31. The molecule has 1 saturated carbocycles. The molecule has 0 atom stereocenters. The van der Waals surface area contributed by atoms with E-state index in [0.29, 0.717) is 5.92 Å². The molecule has 20 heavy (non-hydrogen) atoms. The second-order valence-corrected chi connectivity index (χ2v) is 6.70. The Kier molecular flexibility index (Phi) is 4.77. The van der Waals surface area contributed by atoms with Gasteiger partial charge in [-0.05, 0) is 12.8 Å². The molecule has 5 heteroatoms. The van der Waals surface area contributed by atoms with Gasteiger partial charge in [0.25, 0.3) is 0 Å². The van der Waals surface area contributed by atoms with Gasteiger partial charge in [-0.25, -0.2) is 4.98 Å². The fraction of sp³-hybridized carbons (Fsp3) is 0.667. The van der Waals surface area contributed by atoms with Crippen molar-refractivity contribution in [3.63, 3.8) is 0 Å². The van der Waals surface area contributed by atoms with Crippen molar-refractivity contribution >= 4 is 17.2 Å². The second kappa shape index (κ2) is 6.36. The van der Waals surface area contributed by atoms with E-state index in [0.717, 1.165) is 42.8 Å². The third kappa shape index (κ3) is 3.57. The van der Waals surface area contributed by atoms with E-state index in [1.54, 1.807) is 11.3 Å². The topological polar surface area (TPSA) is 65.8 Å². The predicted octanol–water partition coefficient (Wildman–Crippen LogP) is 3.15. The van der Waals surface area contributed by atoms with E-state index >= 15 is 0 Å². The number of amides is 1. The molecule has 1 aliphatic rings. The van der Waals surface area contributed by atoms with Crippen LogP contribution in [-0.4, -0.2) is 16.4 Å². The number of rotatable bonds is 4. The Labute approximate surface area is 124 Å². The third-order valence-corrected chi connectivity index (χ3v) is 4.90. The molecule has 0 unspecified atom stereocenters. The minimum Gasteiger partial charge on any atom is -0.337 e. The van der Waals surface area contributed by atoms with E-state index in [1.165, 1.54) is 0 Å². The number of hydrogen-bond acceptors (Lipinski definition) is 4. The van der Waals surface area contributed by atoms with Crippen LogP contribution in [0.5, 0.6) is 0 Å². The molecule has 1 fully saturated rings. The standard InChI is InChI=1S/C15H21N3OS/c1-11(2)14-17-12(9-20-14)8-13(19)18-15(10-16)6-4-3-5-7-15/h9,11H,3-8H2,1-2H3,(H,18,19). The van der Waals surface area contributed by atoms with Crippen LogP contribution in [0, 0.1) is 11.3 Å². The van der Waals surface area contributed by atoms with Crippen LogP contribution in [0.4, 0.5) is 0 Å². The fourth-order valence-electron chi connectivity index (χ4n) is 2.56. The van der Waals surface area contributed by atoms with Gasteiger partial charge in [0.2, 0.25) is 5.91 Å². The maximum Gasteiger partial charge on any atom is 0.227 e. The van der Waals surface area contributed by atoms with Gasteiger partial charge in [-0.15, -0.1) is 11.3 Å². The summed E-state index contributed by atoms with van der Waals surface area (Å²) in [6.45, 7) is 4.19. The van der Waals surface area contributed by atoms with Gasteiger partial charge in [0.1, 0.15) is 5.54 Å². The van der Waals surface area contributed by atoms with Gasteiger partial charge in [-0.2, -0.15) is 5.26 Å². The summed E-state index contributed by atoms with van der Waals surface area (Å²) >= 11 is 1.59. The maximum atomic E-state index is 12.1. The maximum absolute atomic E-state index is 12.1. The van der Waals surface area contributed by atoms with E-state index < -0.39 is 5.54 Å². The van der Waals surface area contributed by atoms with Gasteiger partial charge in [0, 0.05) is 11.3 Å². The Hall–Kier alpha value is -1.41. The molecule has 1 aliphatic carbocycles. The molecular weight excluding hydrogens is 270 g/mol. The summed E-state index contributed by atoms with van der Waals surface area (Å²) in [4.78, 5) is 16.6. The lowest BCUT2D eigenvalue weighted by Gasteiger charge is -2.31. The molecular formula is C15H21N3OS. The molecule has 0 bridgehead atoms. The molecule has 1 N–H and O–H groups in total. The normalized spacial score (nSPS) is 17.7. The van der Waals surface area contributed by atoms with Crippen LogP contribution >= 0.6 is 11.3 Å². The first kappa shape index (κ1) is 15.0. The Bertz CT molecular complexity index is 509. The highest BCUT2D eigenvalue weighted by Gasteiger charge is 2.33. The highest BCUT2D eigenvalue weighted by molar-refractivity contribution is 7.09. The first-order valence-electron chi connectivity index (χ1n) is 7.21. The molecule has 1 aromatic heterocycles. The molecule has 1 heterocycles. The molecule has 1 amide bonds. The molecule has 1 aromatic rings. The number of nitriles is 1. The molecule has 0 saturated heterocycles. The van der Waals surface area contributed by atoms with Crippen molar-refractivity contribution in [3.05, 3.63) is 16.1 Å². The molecule has 0 radical (unpaired) electrons. The monoisotopic (exact) mass is 291 g/mol. The Morgan fingerprint density at radius 1 is 1.50 bits per heavy atom. The van der Waals surface area contributed by atoms with E-state index in [4.69, 9.17) is 0 Å². The van der Waals surface area contributed by atoms with Crippen LogP contribution in [-0.2, 0) is 11.2 Å². The molecule has 0 aliphatic heterocycles. The Morgan fingerprint density at radius 2 is 2.20 bits per heavy atom. The van der Waals surface area contributed by atoms with Crippen molar-refractivity contribution in [2.75, 3.05) is 0 Å². The second-order valence-electron chi connectivity index (χ2n) is 5.81. The SMILES string of the molecule is CC(C)c1nc(CC(=O)NC2(C#N)CCCCC2)cs1. The van der Waals surface area contributed by atoms with Gasteiger partial charge in [0.05, 0.1) is 23.2 Å². The lowest BCUT2D eigenvalue weighted by Crippen LogP contribution is -2.49. The van der Waals surface area contributed by atoms with Crippen LogP contribution in [0.2, 0.25) is 0 Å². The first-order valence-corrected chi connectivity index (χ1v) is 8.09. The Morgan fingerprint density at radius 3 is 2.75 bits per heavy atom. The molecule has 2 rings (SSSR count). The van der Waals surface area contributed by atoms with Crippen molar-refractivity contribution < 1.29 is 4.79 Å². The third-order valence-electron chi connectivity index (χ3n) is 3.70. The number of carbonyl (C=O) groups is 1. The quantitative estimate of drug-likeness (QED) is 0.926. The predicted molar refractivity (Wildman–Crippen MR) is 79.5 cm³/mol. The number of nitrogens with zero attached hydrogens (tertiary/aromatic N) is 2. The average Bonchev–Trinajstić information content (AvgIpc) is 2.88. The number of aromatic nitrogens is 1. The van der Waals surface area contributed by atoms with Crippen molar-refractivity contribution in [2.24, 2.45) is 0 Å². The highest BCUT2D eigenvalue weighted by Crippen LogP contribution is 2.27. The van der Waals surface area contributed by atoms with Crippen molar-refractivity contribution in [1.29, 1.82) is 5.26 Å². The Balaban J connectivity index is 1.96. The van der Waals surface area contributed by atoms with Crippen LogP contribution in [0.3, 0.4) is 0 Å². The van der Waals surface area contributed by atoms with E-state index in [2.05, 4.69) is 30.2 Å². The van der Waals surface area contributed by atoms with E-state index in [9.17, 15) is 10.1 Å². The lowest BCUT2D eigenvalue weighted by molar-refractivity contribution is -0.122. The van der Waals surface area contributed by atoms with Gasteiger partial charge >= 0.3 is 0 Å². The van der Waals surface area contributed by atoms with Crippen molar-refractivity contribution in [2.45, 2.75) is 63.8 Å². The smallest absolute Gasteiger partial charge is 0.227 e. The zero-order valence-corrected chi connectivity index (χ0v) is 12.9. The van der Waals surface area contributed by atoms with Gasteiger partial charge in [0.15, 0.2) is 0 Å². The minimum absolute atomic E-state index is 0.0888. The molecule has 0 aromatic carbocycles.